The number of aliphatic carboxylic acids is 1. The molecule has 1 aliphatic heterocycles. The van der Waals surface area contributed by atoms with Gasteiger partial charge in [0.25, 0.3) is 0 Å². The zero-order valence-electron chi connectivity index (χ0n) is 16.6. The number of likely N-dealkylation sites (N-methyl/N-ethyl adjacent to an activating group) is 1. The summed E-state index contributed by atoms with van der Waals surface area (Å²) in [6, 6.07) is 14.5. The van der Waals surface area contributed by atoms with E-state index in [4.69, 9.17) is 5.11 Å². The molecule has 6 heteroatoms. The standard InChI is InChI=1S/C22H29N3O3/c1-16(18-10-9-17-6-3-4-7-19(17)14-18)23-22(28)25-12-5-8-20(11-13-25)24(2)15-21(26)27/h3-4,6-7,9-10,14,16,20H,5,8,11-13,15H2,1-2H3,(H,23,28)(H,26,27). The second kappa shape index (κ2) is 9.06. The summed E-state index contributed by atoms with van der Waals surface area (Å²) in [5.74, 6) is -0.814. The molecule has 3 rings (SSSR count). The van der Waals surface area contributed by atoms with Crippen molar-refractivity contribution in [1.29, 1.82) is 0 Å². The first kappa shape index (κ1) is 20.1. The summed E-state index contributed by atoms with van der Waals surface area (Å²) in [6.45, 7) is 3.39. The van der Waals surface area contributed by atoms with Crippen LogP contribution < -0.4 is 5.32 Å². The molecular weight excluding hydrogens is 354 g/mol. The molecule has 0 aromatic heterocycles. The van der Waals surface area contributed by atoms with E-state index in [1.54, 1.807) is 0 Å². The number of carbonyl (C=O) groups is 2. The summed E-state index contributed by atoms with van der Waals surface area (Å²) >= 11 is 0. The number of urea groups is 1. The Hall–Kier alpha value is -2.60. The molecule has 1 fully saturated rings. The van der Waals surface area contributed by atoms with Crippen LogP contribution in [0.4, 0.5) is 4.79 Å². The number of hydrogen-bond acceptors (Lipinski definition) is 3. The minimum absolute atomic E-state index is 0.0376. The number of carboxylic acid groups (broad SMARTS) is 1. The molecule has 1 aliphatic rings. The summed E-state index contributed by atoms with van der Waals surface area (Å²) in [5, 5.41) is 14.5. The van der Waals surface area contributed by atoms with E-state index in [0.717, 1.165) is 24.8 Å². The Balaban J connectivity index is 1.58. The number of likely N-dealkylation sites (tertiary alicyclic amines) is 1. The number of nitrogens with one attached hydrogen (secondary N) is 1. The predicted octanol–water partition coefficient (Wildman–Crippen LogP) is 3.48. The zero-order chi connectivity index (χ0) is 20.1. The summed E-state index contributed by atoms with van der Waals surface area (Å²) in [5.41, 5.74) is 1.08. The van der Waals surface area contributed by atoms with E-state index in [1.807, 2.05) is 35.9 Å². The molecule has 0 spiro atoms. The van der Waals surface area contributed by atoms with E-state index in [9.17, 15) is 9.59 Å². The highest BCUT2D eigenvalue weighted by Gasteiger charge is 2.24. The van der Waals surface area contributed by atoms with Gasteiger partial charge in [0.15, 0.2) is 0 Å². The second-order valence-electron chi connectivity index (χ2n) is 7.66. The molecule has 6 nitrogen and oxygen atoms in total. The second-order valence-corrected chi connectivity index (χ2v) is 7.66. The van der Waals surface area contributed by atoms with Gasteiger partial charge in [-0.3, -0.25) is 9.69 Å². The number of rotatable bonds is 5. The fraction of sp³-hybridized carbons (Fsp3) is 0.455. The quantitative estimate of drug-likeness (QED) is 0.829. The fourth-order valence-electron chi connectivity index (χ4n) is 3.90. The van der Waals surface area contributed by atoms with Gasteiger partial charge in [-0.1, -0.05) is 36.4 Å². The van der Waals surface area contributed by atoms with Gasteiger partial charge in [-0.05, 0) is 55.6 Å². The highest BCUT2D eigenvalue weighted by atomic mass is 16.4. The van der Waals surface area contributed by atoms with Crippen LogP contribution in [0.5, 0.6) is 0 Å². The first-order valence-corrected chi connectivity index (χ1v) is 9.90. The number of nitrogens with zero attached hydrogens (tertiary/aromatic N) is 2. The molecule has 150 valence electrons. The van der Waals surface area contributed by atoms with Gasteiger partial charge in [0.1, 0.15) is 0 Å². The van der Waals surface area contributed by atoms with Gasteiger partial charge in [-0.2, -0.15) is 0 Å². The Bertz CT molecular complexity index is 839. The Morgan fingerprint density at radius 1 is 1.18 bits per heavy atom. The normalized spacial score (nSPS) is 18.7. The van der Waals surface area contributed by atoms with Gasteiger partial charge in [0, 0.05) is 19.1 Å². The van der Waals surface area contributed by atoms with E-state index in [2.05, 4.69) is 35.6 Å². The predicted molar refractivity (Wildman–Crippen MR) is 110 cm³/mol. The highest BCUT2D eigenvalue weighted by molar-refractivity contribution is 5.83. The molecule has 2 N–H and O–H groups in total. The van der Waals surface area contributed by atoms with Crippen LogP contribution in [0.2, 0.25) is 0 Å². The van der Waals surface area contributed by atoms with Crippen LogP contribution in [-0.2, 0) is 4.79 Å². The van der Waals surface area contributed by atoms with Crippen molar-refractivity contribution < 1.29 is 14.7 Å². The Morgan fingerprint density at radius 3 is 2.68 bits per heavy atom. The van der Waals surface area contributed by atoms with E-state index < -0.39 is 5.97 Å². The van der Waals surface area contributed by atoms with Crippen LogP contribution in [0.1, 0.15) is 37.8 Å². The third kappa shape index (κ3) is 5.01. The van der Waals surface area contributed by atoms with Gasteiger partial charge in [0.2, 0.25) is 0 Å². The minimum Gasteiger partial charge on any atom is -0.480 e. The lowest BCUT2D eigenvalue weighted by atomic mass is 10.0. The molecule has 0 aliphatic carbocycles. The Kier molecular flexibility index (Phi) is 6.52. The molecule has 28 heavy (non-hydrogen) atoms. The Morgan fingerprint density at radius 2 is 1.93 bits per heavy atom. The average Bonchev–Trinajstić information content (AvgIpc) is 2.93. The molecule has 1 saturated heterocycles. The van der Waals surface area contributed by atoms with Crippen LogP contribution in [0, 0.1) is 0 Å². The monoisotopic (exact) mass is 383 g/mol. The van der Waals surface area contributed by atoms with Crippen LogP contribution in [0.25, 0.3) is 10.8 Å². The highest BCUT2D eigenvalue weighted by Crippen LogP contribution is 2.21. The molecule has 0 radical (unpaired) electrons. The molecule has 2 atom stereocenters. The smallest absolute Gasteiger partial charge is 0.317 e. The van der Waals surface area contributed by atoms with E-state index >= 15 is 0 Å². The SMILES string of the molecule is CC(NC(=O)N1CCCC(N(C)CC(=O)O)CC1)c1ccc2ccccc2c1. The number of benzene rings is 2. The molecule has 2 amide bonds. The van der Waals surface area contributed by atoms with Gasteiger partial charge >= 0.3 is 12.0 Å². The van der Waals surface area contributed by atoms with Gasteiger partial charge in [-0.25, -0.2) is 4.79 Å². The molecular formula is C22H29N3O3. The van der Waals surface area contributed by atoms with Crippen molar-refractivity contribution in [2.75, 3.05) is 26.7 Å². The molecule has 2 aromatic carbocycles. The lowest BCUT2D eigenvalue weighted by molar-refractivity contribution is -0.138. The maximum absolute atomic E-state index is 12.8. The zero-order valence-corrected chi connectivity index (χ0v) is 16.6. The summed E-state index contributed by atoms with van der Waals surface area (Å²) in [6.07, 6.45) is 2.59. The average molecular weight is 383 g/mol. The van der Waals surface area contributed by atoms with Gasteiger partial charge < -0.3 is 15.3 Å². The summed E-state index contributed by atoms with van der Waals surface area (Å²) in [7, 11) is 1.84. The Labute approximate surface area is 166 Å². The van der Waals surface area contributed by atoms with E-state index in [-0.39, 0.29) is 24.7 Å². The first-order valence-electron chi connectivity index (χ1n) is 9.90. The van der Waals surface area contributed by atoms with Crippen LogP contribution in [-0.4, -0.2) is 59.6 Å². The number of carbonyl (C=O) groups excluding carboxylic acids is 1. The molecule has 1 heterocycles. The first-order chi connectivity index (χ1) is 13.4. The summed E-state index contributed by atoms with van der Waals surface area (Å²) < 4.78 is 0. The largest absolute Gasteiger partial charge is 0.480 e. The van der Waals surface area contributed by atoms with Crippen molar-refractivity contribution in [2.24, 2.45) is 0 Å². The fourth-order valence-corrected chi connectivity index (χ4v) is 3.90. The summed E-state index contributed by atoms with van der Waals surface area (Å²) in [4.78, 5) is 27.4. The number of hydrogen-bond donors (Lipinski definition) is 2. The number of amides is 2. The van der Waals surface area contributed by atoms with Crippen LogP contribution in [0.3, 0.4) is 0 Å². The van der Waals surface area contributed by atoms with E-state index in [1.165, 1.54) is 10.8 Å². The third-order valence-electron chi connectivity index (χ3n) is 5.61. The topological polar surface area (TPSA) is 72.9 Å². The third-order valence-corrected chi connectivity index (χ3v) is 5.61. The maximum atomic E-state index is 12.8. The van der Waals surface area contributed by atoms with Crippen molar-refractivity contribution in [3.8, 4) is 0 Å². The van der Waals surface area contributed by atoms with Crippen molar-refractivity contribution in [2.45, 2.75) is 38.3 Å². The number of fused-ring (bicyclic) bond motifs is 1. The number of carboxylic acids is 1. The lowest BCUT2D eigenvalue weighted by Gasteiger charge is -2.26. The minimum atomic E-state index is -0.814. The van der Waals surface area contributed by atoms with Gasteiger partial charge in [-0.15, -0.1) is 0 Å². The van der Waals surface area contributed by atoms with E-state index in [0.29, 0.717) is 13.1 Å². The molecule has 2 unspecified atom stereocenters. The molecule has 0 saturated carbocycles. The van der Waals surface area contributed by atoms with Crippen molar-refractivity contribution >= 4 is 22.8 Å². The van der Waals surface area contributed by atoms with Crippen LogP contribution >= 0.6 is 0 Å². The van der Waals surface area contributed by atoms with Gasteiger partial charge in [0.05, 0.1) is 12.6 Å². The molecule has 0 bridgehead atoms. The van der Waals surface area contributed by atoms with Crippen LogP contribution in [0.15, 0.2) is 42.5 Å². The van der Waals surface area contributed by atoms with Crippen molar-refractivity contribution in [3.63, 3.8) is 0 Å². The molecule has 2 aromatic rings. The van der Waals surface area contributed by atoms with Crippen molar-refractivity contribution in [3.05, 3.63) is 48.0 Å². The maximum Gasteiger partial charge on any atom is 0.317 e. The lowest BCUT2D eigenvalue weighted by Crippen LogP contribution is -2.42. The van der Waals surface area contributed by atoms with Crippen molar-refractivity contribution in [1.82, 2.24) is 15.1 Å².